The van der Waals surface area contributed by atoms with Crippen molar-refractivity contribution in [3.63, 3.8) is 0 Å². The van der Waals surface area contributed by atoms with Gasteiger partial charge in [0.2, 0.25) is 0 Å². The molecule has 1 atom stereocenters. The molecule has 86 valence electrons. The lowest BCUT2D eigenvalue weighted by atomic mass is 9.99. The Morgan fingerprint density at radius 2 is 2.07 bits per heavy atom. The van der Waals surface area contributed by atoms with E-state index >= 15 is 0 Å². The molecule has 15 heavy (non-hydrogen) atoms. The maximum absolute atomic E-state index is 9.82. The molecule has 1 aromatic rings. The number of aromatic hydroxyl groups is 1. The lowest BCUT2D eigenvalue weighted by Crippen LogP contribution is -2.12. The van der Waals surface area contributed by atoms with Gasteiger partial charge in [0.05, 0.1) is 0 Å². The van der Waals surface area contributed by atoms with Crippen molar-refractivity contribution in [3.05, 3.63) is 29.3 Å². The second kappa shape index (κ2) is 6.67. The Hall–Kier alpha value is -0.770. The van der Waals surface area contributed by atoms with E-state index in [0.29, 0.717) is 6.42 Å². The van der Waals surface area contributed by atoms with Crippen molar-refractivity contribution in [1.29, 1.82) is 0 Å². The van der Waals surface area contributed by atoms with Gasteiger partial charge in [-0.2, -0.15) is 0 Å². The van der Waals surface area contributed by atoms with Crippen LogP contribution < -0.4 is 5.73 Å². The molecule has 4 N–H and O–H groups in total. The third kappa shape index (κ3) is 3.38. The zero-order valence-electron chi connectivity index (χ0n) is 8.81. The highest BCUT2D eigenvalue weighted by Gasteiger charge is 2.12. The zero-order valence-corrected chi connectivity index (χ0v) is 9.63. The Balaban J connectivity index is 0.00000196. The molecule has 0 saturated heterocycles. The van der Waals surface area contributed by atoms with Crippen LogP contribution in [0.25, 0.3) is 0 Å². The number of aliphatic hydroxyl groups excluding tert-OH is 1. The van der Waals surface area contributed by atoms with Crippen LogP contribution in [0.5, 0.6) is 5.75 Å². The summed E-state index contributed by atoms with van der Waals surface area (Å²) in [5.41, 5.74) is 7.43. The van der Waals surface area contributed by atoms with E-state index in [0.717, 1.165) is 17.5 Å². The van der Waals surface area contributed by atoms with Crippen LogP contribution in [-0.2, 0) is 6.42 Å². The molecule has 3 nitrogen and oxygen atoms in total. The van der Waals surface area contributed by atoms with Gasteiger partial charge >= 0.3 is 0 Å². The minimum absolute atomic E-state index is 0. The number of para-hydroxylation sites is 1. The molecule has 1 rings (SSSR count). The Kier molecular flexibility index (Phi) is 6.32. The number of hydrogen-bond acceptors (Lipinski definition) is 3. The molecule has 0 aliphatic carbocycles. The van der Waals surface area contributed by atoms with E-state index in [2.05, 4.69) is 0 Å². The highest BCUT2D eigenvalue weighted by Crippen LogP contribution is 2.28. The molecule has 4 heteroatoms. The summed E-state index contributed by atoms with van der Waals surface area (Å²) >= 11 is 0. The van der Waals surface area contributed by atoms with E-state index in [1.165, 1.54) is 0 Å². The Morgan fingerprint density at radius 3 is 2.60 bits per heavy atom. The van der Waals surface area contributed by atoms with E-state index in [1.807, 2.05) is 19.1 Å². The molecule has 0 bridgehead atoms. The van der Waals surface area contributed by atoms with E-state index in [4.69, 9.17) is 10.8 Å². The monoisotopic (exact) mass is 231 g/mol. The number of phenols is 1. The molecule has 0 fully saturated rings. The fourth-order valence-electron chi connectivity index (χ4n) is 1.49. The number of rotatable bonds is 4. The van der Waals surface area contributed by atoms with Crippen LogP contribution in [0.2, 0.25) is 0 Å². The zero-order chi connectivity index (χ0) is 10.6. The van der Waals surface area contributed by atoms with Gasteiger partial charge in [0, 0.05) is 18.2 Å². The van der Waals surface area contributed by atoms with Gasteiger partial charge in [-0.15, -0.1) is 12.4 Å². The average Bonchev–Trinajstić information content (AvgIpc) is 2.18. The number of phenolic OH excluding ortho intramolecular Hbond substituents is 1. The standard InChI is InChI=1S/C11H17NO2.ClH/c1-2-8-4-3-5-9(11(8)14)10(12)6-7-13;/h3-5,10,13-14H,2,6-7,12H2,1H3;1H/t10-;/m0./s1. The van der Waals surface area contributed by atoms with Crippen LogP contribution >= 0.6 is 12.4 Å². The second-order valence-electron chi connectivity index (χ2n) is 3.33. The third-order valence-corrected chi connectivity index (χ3v) is 2.37. The van der Waals surface area contributed by atoms with Crippen LogP contribution in [0.1, 0.15) is 30.5 Å². The van der Waals surface area contributed by atoms with Gasteiger partial charge in [0.15, 0.2) is 0 Å². The van der Waals surface area contributed by atoms with E-state index < -0.39 is 0 Å². The van der Waals surface area contributed by atoms with Gasteiger partial charge in [-0.3, -0.25) is 0 Å². The predicted molar refractivity (Wildman–Crippen MR) is 63.4 cm³/mol. The smallest absolute Gasteiger partial charge is 0.123 e. The number of hydrogen-bond donors (Lipinski definition) is 3. The van der Waals surface area contributed by atoms with Gasteiger partial charge in [-0.25, -0.2) is 0 Å². The number of halogens is 1. The minimum Gasteiger partial charge on any atom is -0.507 e. The second-order valence-corrected chi connectivity index (χ2v) is 3.33. The van der Waals surface area contributed by atoms with Crippen molar-refractivity contribution in [2.75, 3.05) is 6.61 Å². The molecule has 0 amide bonds. The Morgan fingerprint density at radius 1 is 1.40 bits per heavy atom. The van der Waals surface area contributed by atoms with Crippen LogP contribution in [-0.4, -0.2) is 16.8 Å². The first-order valence-electron chi connectivity index (χ1n) is 4.87. The molecule has 0 unspecified atom stereocenters. The minimum atomic E-state index is -0.286. The Bertz CT molecular complexity index is 305. The largest absolute Gasteiger partial charge is 0.507 e. The average molecular weight is 232 g/mol. The fraction of sp³-hybridized carbons (Fsp3) is 0.455. The van der Waals surface area contributed by atoms with Gasteiger partial charge in [-0.1, -0.05) is 25.1 Å². The first kappa shape index (κ1) is 14.2. The summed E-state index contributed by atoms with van der Waals surface area (Å²) < 4.78 is 0. The fourth-order valence-corrected chi connectivity index (χ4v) is 1.49. The molecule has 0 heterocycles. The van der Waals surface area contributed by atoms with Crippen molar-refractivity contribution in [3.8, 4) is 5.75 Å². The van der Waals surface area contributed by atoms with Crippen LogP contribution in [0.15, 0.2) is 18.2 Å². The first-order valence-corrected chi connectivity index (χ1v) is 4.87. The molecular weight excluding hydrogens is 214 g/mol. The first-order chi connectivity index (χ1) is 6.70. The summed E-state index contributed by atoms with van der Waals surface area (Å²) in [6, 6.07) is 5.27. The SMILES string of the molecule is CCc1cccc([C@@H](N)CCO)c1O.Cl. The molecule has 0 radical (unpaired) electrons. The van der Waals surface area contributed by atoms with Gasteiger partial charge in [0.25, 0.3) is 0 Å². The predicted octanol–water partition coefficient (Wildman–Crippen LogP) is 1.76. The number of aryl methyl sites for hydroxylation is 1. The lowest BCUT2D eigenvalue weighted by molar-refractivity contribution is 0.275. The van der Waals surface area contributed by atoms with E-state index in [-0.39, 0.29) is 30.8 Å². The molecule has 0 aliphatic rings. The molecule has 0 saturated carbocycles. The molecule has 0 aromatic heterocycles. The van der Waals surface area contributed by atoms with Gasteiger partial charge in [-0.05, 0) is 18.4 Å². The van der Waals surface area contributed by atoms with Crippen molar-refractivity contribution >= 4 is 12.4 Å². The van der Waals surface area contributed by atoms with Crippen molar-refractivity contribution in [1.82, 2.24) is 0 Å². The summed E-state index contributed by atoms with van der Waals surface area (Å²) in [6.07, 6.45) is 1.26. The summed E-state index contributed by atoms with van der Waals surface area (Å²) in [5, 5.41) is 18.6. The molecule has 0 spiro atoms. The van der Waals surface area contributed by atoms with E-state index in [1.54, 1.807) is 6.07 Å². The number of nitrogens with two attached hydrogens (primary N) is 1. The third-order valence-electron chi connectivity index (χ3n) is 2.37. The van der Waals surface area contributed by atoms with Crippen LogP contribution in [0, 0.1) is 0 Å². The lowest BCUT2D eigenvalue weighted by Gasteiger charge is -2.14. The topological polar surface area (TPSA) is 66.5 Å². The summed E-state index contributed by atoms with van der Waals surface area (Å²) in [5.74, 6) is 0.274. The summed E-state index contributed by atoms with van der Waals surface area (Å²) in [7, 11) is 0. The molecule has 1 aromatic carbocycles. The van der Waals surface area contributed by atoms with Crippen molar-refractivity contribution < 1.29 is 10.2 Å². The molecular formula is C11H18ClNO2. The summed E-state index contributed by atoms with van der Waals surface area (Å²) in [4.78, 5) is 0. The maximum atomic E-state index is 9.82. The quantitative estimate of drug-likeness (QED) is 0.740. The number of aliphatic hydroxyl groups is 1. The summed E-state index contributed by atoms with van der Waals surface area (Å²) in [6.45, 7) is 2.02. The molecule has 0 aliphatic heterocycles. The highest BCUT2D eigenvalue weighted by atomic mass is 35.5. The van der Waals surface area contributed by atoms with Gasteiger partial charge < -0.3 is 15.9 Å². The number of benzene rings is 1. The maximum Gasteiger partial charge on any atom is 0.123 e. The highest BCUT2D eigenvalue weighted by molar-refractivity contribution is 5.85. The Labute approximate surface area is 96.3 Å². The van der Waals surface area contributed by atoms with Crippen LogP contribution in [0.3, 0.4) is 0 Å². The van der Waals surface area contributed by atoms with Crippen LogP contribution in [0.4, 0.5) is 0 Å². The van der Waals surface area contributed by atoms with Gasteiger partial charge in [0.1, 0.15) is 5.75 Å². The normalized spacial score (nSPS) is 11.9. The van der Waals surface area contributed by atoms with Crippen molar-refractivity contribution in [2.24, 2.45) is 5.73 Å². The van der Waals surface area contributed by atoms with Crippen molar-refractivity contribution in [2.45, 2.75) is 25.8 Å². The van der Waals surface area contributed by atoms with E-state index in [9.17, 15) is 5.11 Å².